The van der Waals surface area contributed by atoms with Gasteiger partial charge >= 0.3 is 0 Å². The summed E-state index contributed by atoms with van der Waals surface area (Å²) in [6.45, 7) is 3.93. The first kappa shape index (κ1) is 16.2. The van der Waals surface area contributed by atoms with E-state index in [0.717, 1.165) is 18.4 Å². The molecule has 1 aliphatic heterocycles. The maximum absolute atomic E-state index is 12.7. The Labute approximate surface area is 142 Å². The third-order valence-corrected chi connectivity index (χ3v) is 7.46. The van der Waals surface area contributed by atoms with Crippen molar-refractivity contribution in [1.82, 2.24) is 0 Å². The van der Waals surface area contributed by atoms with Gasteiger partial charge in [0.05, 0.1) is 11.0 Å². The highest BCUT2D eigenvalue weighted by atomic mass is 32.2. The van der Waals surface area contributed by atoms with Crippen LogP contribution in [0.1, 0.15) is 44.6 Å². The number of hydrogen-bond acceptors (Lipinski definition) is 5. The van der Waals surface area contributed by atoms with Gasteiger partial charge in [0.15, 0.2) is 5.78 Å². The first-order chi connectivity index (χ1) is 11.3. The van der Waals surface area contributed by atoms with Crippen LogP contribution in [0.25, 0.3) is 0 Å². The lowest BCUT2D eigenvalue weighted by Crippen LogP contribution is -2.54. The topological polar surface area (TPSA) is 73.0 Å². The van der Waals surface area contributed by atoms with Crippen molar-refractivity contribution in [3.63, 3.8) is 0 Å². The van der Waals surface area contributed by atoms with Gasteiger partial charge in [0.2, 0.25) is 0 Å². The van der Waals surface area contributed by atoms with E-state index in [9.17, 15) is 13.2 Å². The van der Waals surface area contributed by atoms with Crippen LogP contribution in [0.15, 0.2) is 29.2 Å². The molecule has 3 fully saturated rings. The molecule has 0 amide bonds. The highest BCUT2D eigenvalue weighted by Crippen LogP contribution is 2.64. The molecule has 0 radical (unpaired) electrons. The van der Waals surface area contributed by atoms with Gasteiger partial charge in [0.1, 0.15) is 11.7 Å². The summed E-state index contributed by atoms with van der Waals surface area (Å²) in [7, 11) is -3.83. The number of Topliss-reactive ketones (excluding diaryl/α,β-unsaturated/α-hetero) is 1. The second kappa shape index (κ2) is 5.13. The monoisotopic (exact) mass is 350 g/mol. The van der Waals surface area contributed by atoms with Crippen LogP contribution in [0, 0.1) is 12.3 Å². The van der Waals surface area contributed by atoms with Gasteiger partial charge in [-0.1, -0.05) is 24.6 Å². The molecule has 6 heteroatoms. The summed E-state index contributed by atoms with van der Waals surface area (Å²) in [5, 5.41) is 0. The Balaban J connectivity index is 1.62. The standard InChI is InChI=1S/C18H22O5S/c1-12-5-7-13(8-6-12)24(20,21)23-15-4-3-10-18-16(22-18)14(19)9-11-17(15,18)2/h5-8,15-16H,3-4,9-11H2,1-2H3/t15-,16-,17+,18-/m0/s1. The molecule has 24 heavy (non-hydrogen) atoms. The van der Waals surface area contributed by atoms with E-state index >= 15 is 0 Å². The average Bonchev–Trinajstić information content (AvgIpc) is 3.27. The third kappa shape index (κ3) is 2.20. The van der Waals surface area contributed by atoms with Crippen molar-refractivity contribution in [1.29, 1.82) is 0 Å². The zero-order valence-corrected chi connectivity index (χ0v) is 14.8. The lowest BCUT2D eigenvalue weighted by Gasteiger charge is -2.47. The summed E-state index contributed by atoms with van der Waals surface area (Å²) in [6.07, 6.45) is 2.55. The lowest BCUT2D eigenvalue weighted by molar-refractivity contribution is -0.124. The molecule has 4 rings (SSSR count). The normalized spacial score (nSPS) is 38.3. The number of rotatable bonds is 3. The number of aryl methyl sites for hydroxylation is 1. The number of epoxide rings is 1. The maximum atomic E-state index is 12.7. The molecule has 1 spiro atoms. The molecule has 3 aliphatic rings. The molecule has 5 nitrogen and oxygen atoms in total. The Morgan fingerprint density at radius 1 is 1.21 bits per heavy atom. The first-order valence-electron chi connectivity index (χ1n) is 8.49. The second-order valence-corrected chi connectivity index (χ2v) is 9.09. The number of hydrogen-bond donors (Lipinski definition) is 0. The van der Waals surface area contributed by atoms with E-state index in [1.807, 2.05) is 13.8 Å². The highest BCUT2D eigenvalue weighted by Gasteiger charge is 2.74. The van der Waals surface area contributed by atoms with E-state index in [-0.39, 0.29) is 16.8 Å². The van der Waals surface area contributed by atoms with Gasteiger partial charge in [0.25, 0.3) is 10.1 Å². The first-order valence-corrected chi connectivity index (χ1v) is 9.90. The molecule has 1 saturated heterocycles. The largest absolute Gasteiger partial charge is 0.357 e. The quantitative estimate of drug-likeness (QED) is 0.619. The van der Waals surface area contributed by atoms with E-state index in [4.69, 9.17) is 8.92 Å². The van der Waals surface area contributed by atoms with Crippen molar-refractivity contribution < 1.29 is 22.1 Å². The van der Waals surface area contributed by atoms with Gasteiger partial charge in [-0.15, -0.1) is 0 Å². The number of ether oxygens (including phenoxy) is 1. The molecular formula is C18H22O5S. The number of ketones is 1. The predicted molar refractivity (Wildman–Crippen MR) is 87.0 cm³/mol. The van der Waals surface area contributed by atoms with E-state index < -0.39 is 27.2 Å². The summed E-state index contributed by atoms with van der Waals surface area (Å²) in [5.74, 6) is 0.148. The van der Waals surface area contributed by atoms with E-state index in [1.54, 1.807) is 24.3 Å². The highest BCUT2D eigenvalue weighted by molar-refractivity contribution is 7.86. The molecule has 4 atom stereocenters. The van der Waals surface area contributed by atoms with Gasteiger partial charge in [-0.2, -0.15) is 8.42 Å². The molecule has 1 aromatic carbocycles. The van der Waals surface area contributed by atoms with Crippen molar-refractivity contribution in [2.75, 3.05) is 0 Å². The number of carbonyl (C=O) groups is 1. The van der Waals surface area contributed by atoms with Crippen LogP contribution < -0.4 is 0 Å². The van der Waals surface area contributed by atoms with Crippen LogP contribution in [-0.2, 0) is 23.8 Å². The molecule has 0 bridgehead atoms. The van der Waals surface area contributed by atoms with Gasteiger partial charge in [-0.3, -0.25) is 8.98 Å². The fraction of sp³-hybridized carbons (Fsp3) is 0.611. The van der Waals surface area contributed by atoms with Crippen LogP contribution in [0.5, 0.6) is 0 Å². The van der Waals surface area contributed by atoms with Crippen LogP contribution >= 0.6 is 0 Å². The van der Waals surface area contributed by atoms with Gasteiger partial charge < -0.3 is 4.74 Å². The lowest BCUT2D eigenvalue weighted by atomic mass is 9.58. The Bertz CT molecular complexity index is 784. The zero-order valence-electron chi connectivity index (χ0n) is 13.9. The Hall–Kier alpha value is -1.24. The van der Waals surface area contributed by atoms with Gasteiger partial charge in [0, 0.05) is 11.8 Å². The predicted octanol–water partition coefficient (Wildman–Crippen LogP) is 2.76. The molecule has 2 saturated carbocycles. The van der Waals surface area contributed by atoms with Crippen LogP contribution in [-0.4, -0.2) is 32.0 Å². The van der Waals surface area contributed by atoms with Crippen LogP contribution in [0.2, 0.25) is 0 Å². The summed E-state index contributed by atoms with van der Waals surface area (Å²) in [6, 6.07) is 6.68. The minimum atomic E-state index is -3.83. The Morgan fingerprint density at radius 3 is 2.62 bits per heavy atom. The Kier molecular flexibility index (Phi) is 3.47. The van der Waals surface area contributed by atoms with Crippen LogP contribution in [0.3, 0.4) is 0 Å². The fourth-order valence-corrected chi connectivity index (χ4v) is 5.70. The molecule has 0 unspecified atom stereocenters. The molecular weight excluding hydrogens is 328 g/mol. The second-order valence-electron chi connectivity index (χ2n) is 7.52. The van der Waals surface area contributed by atoms with E-state index in [0.29, 0.717) is 19.3 Å². The summed E-state index contributed by atoms with van der Waals surface area (Å²) >= 11 is 0. The molecule has 1 heterocycles. The SMILES string of the molecule is Cc1ccc(S(=O)(=O)O[C@H]2CCC[C@]34O[C@H]3C(=O)CC[C@]24C)cc1. The number of benzene rings is 1. The third-order valence-electron chi connectivity index (χ3n) is 6.12. The van der Waals surface area contributed by atoms with Crippen molar-refractivity contribution in [2.45, 2.75) is 68.7 Å². The molecule has 2 aliphatic carbocycles. The minimum absolute atomic E-state index is 0.148. The molecule has 1 aromatic rings. The minimum Gasteiger partial charge on any atom is -0.357 e. The zero-order chi connectivity index (χ0) is 17.2. The van der Waals surface area contributed by atoms with Crippen molar-refractivity contribution in [2.24, 2.45) is 5.41 Å². The summed E-state index contributed by atoms with van der Waals surface area (Å²) in [4.78, 5) is 12.2. The van der Waals surface area contributed by atoms with E-state index in [1.165, 1.54) is 0 Å². The van der Waals surface area contributed by atoms with Crippen molar-refractivity contribution in [3.8, 4) is 0 Å². The van der Waals surface area contributed by atoms with Crippen molar-refractivity contribution >= 4 is 15.9 Å². The van der Waals surface area contributed by atoms with E-state index in [2.05, 4.69) is 0 Å². The van der Waals surface area contributed by atoms with Crippen LogP contribution in [0.4, 0.5) is 0 Å². The van der Waals surface area contributed by atoms with Gasteiger partial charge in [-0.05, 0) is 44.7 Å². The van der Waals surface area contributed by atoms with Crippen molar-refractivity contribution in [3.05, 3.63) is 29.8 Å². The Morgan fingerprint density at radius 2 is 1.92 bits per heavy atom. The molecule has 0 N–H and O–H groups in total. The molecule has 0 aromatic heterocycles. The average molecular weight is 350 g/mol. The molecule has 130 valence electrons. The van der Waals surface area contributed by atoms with Gasteiger partial charge in [-0.25, -0.2) is 0 Å². The number of carbonyl (C=O) groups excluding carboxylic acids is 1. The smallest absolute Gasteiger partial charge is 0.297 e. The summed E-state index contributed by atoms with van der Waals surface area (Å²) in [5.41, 5.74) is 0.0628. The fourth-order valence-electron chi connectivity index (χ4n) is 4.51. The summed E-state index contributed by atoms with van der Waals surface area (Å²) < 4.78 is 36.9. The maximum Gasteiger partial charge on any atom is 0.297 e.